The summed E-state index contributed by atoms with van der Waals surface area (Å²) in [6.45, 7) is 0. The monoisotopic (exact) mass is 249 g/mol. The Morgan fingerprint density at radius 1 is 0.750 bits per heavy atom. The third-order valence-electron chi connectivity index (χ3n) is 3.37. The van der Waals surface area contributed by atoms with Gasteiger partial charge in [0.05, 0.1) is 0 Å². The third-order valence-corrected chi connectivity index (χ3v) is 9.59. The first kappa shape index (κ1) is 9.38. The zero-order valence-corrected chi connectivity index (χ0v) is 10.3. The molecule has 2 rings (SSSR count). The maximum absolute atomic E-state index is 3.53. The summed E-state index contributed by atoms with van der Waals surface area (Å²) >= 11 is 3.53. The van der Waals surface area contributed by atoms with E-state index < -0.39 is 0 Å². The SMILES string of the molecule is [Se]=[P+](C1CCCC1)C1CCCC1. The Morgan fingerprint density at radius 3 is 1.42 bits per heavy atom. The van der Waals surface area contributed by atoms with E-state index in [-0.39, 0.29) is 0 Å². The van der Waals surface area contributed by atoms with Gasteiger partial charge in [0.2, 0.25) is 0 Å². The van der Waals surface area contributed by atoms with Gasteiger partial charge in [0.15, 0.2) is 0 Å². The van der Waals surface area contributed by atoms with Gasteiger partial charge in [-0.25, -0.2) is 0 Å². The molecule has 2 aliphatic rings. The molecule has 0 bridgehead atoms. The predicted octanol–water partition coefficient (Wildman–Crippen LogP) is 3.44. The van der Waals surface area contributed by atoms with E-state index in [0.717, 1.165) is 11.3 Å². The van der Waals surface area contributed by atoms with E-state index in [2.05, 4.69) is 15.1 Å². The van der Waals surface area contributed by atoms with Gasteiger partial charge < -0.3 is 0 Å². The number of rotatable bonds is 2. The van der Waals surface area contributed by atoms with Gasteiger partial charge in [0.1, 0.15) is 0 Å². The molecule has 0 aromatic carbocycles. The molecule has 0 aromatic heterocycles. The molecule has 0 unspecified atom stereocenters. The van der Waals surface area contributed by atoms with Crippen LogP contribution in [0.3, 0.4) is 0 Å². The van der Waals surface area contributed by atoms with Crippen molar-refractivity contribution < 1.29 is 0 Å². The second-order valence-corrected chi connectivity index (χ2v) is 9.07. The Balaban J connectivity index is 1.89. The first-order valence-electron chi connectivity index (χ1n) is 5.33. The zero-order valence-electron chi connectivity index (χ0n) is 7.67. The summed E-state index contributed by atoms with van der Waals surface area (Å²) in [6.07, 6.45) is 12.5. The summed E-state index contributed by atoms with van der Waals surface area (Å²) in [4.78, 5) is 0. The molecule has 0 nitrogen and oxygen atoms in total. The quantitative estimate of drug-likeness (QED) is 0.518. The van der Waals surface area contributed by atoms with Crippen molar-refractivity contribution in [2.24, 2.45) is 0 Å². The summed E-state index contributed by atoms with van der Waals surface area (Å²) in [5.41, 5.74) is 2.23. The summed E-state index contributed by atoms with van der Waals surface area (Å²) in [7, 11) is 0. The average Bonchev–Trinajstić information content (AvgIpc) is 2.77. The van der Waals surface area contributed by atoms with Crippen molar-refractivity contribution in [2.45, 2.75) is 62.7 Å². The van der Waals surface area contributed by atoms with E-state index >= 15 is 0 Å². The Bertz CT molecular complexity index is 149. The summed E-state index contributed by atoms with van der Waals surface area (Å²) in [6, 6.07) is 0. The van der Waals surface area contributed by atoms with Crippen LogP contribution in [0.25, 0.3) is 0 Å². The number of hydrogen-bond donors (Lipinski definition) is 0. The molecule has 0 heterocycles. The van der Waals surface area contributed by atoms with Crippen LogP contribution in [0.4, 0.5) is 0 Å². The van der Waals surface area contributed by atoms with Gasteiger partial charge >= 0.3 is 84.0 Å². The fourth-order valence-corrected chi connectivity index (χ4v) is 7.61. The molecule has 2 aliphatic carbocycles. The van der Waals surface area contributed by atoms with Crippen molar-refractivity contribution in [3.8, 4) is 0 Å². The van der Waals surface area contributed by atoms with E-state index in [4.69, 9.17) is 0 Å². The van der Waals surface area contributed by atoms with E-state index in [1.165, 1.54) is 51.4 Å². The van der Waals surface area contributed by atoms with Crippen molar-refractivity contribution in [3.63, 3.8) is 0 Å². The molecule has 0 aromatic rings. The summed E-state index contributed by atoms with van der Waals surface area (Å²) in [5.74, 6) is 0. The predicted molar refractivity (Wildman–Crippen MR) is 57.2 cm³/mol. The average molecular weight is 248 g/mol. The minimum atomic E-state index is 0.292. The molecule has 0 atom stereocenters. The van der Waals surface area contributed by atoms with Gasteiger partial charge in [-0.3, -0.25) is 0 Å². The van der Waals surface area contributed by atoms with Crippen molar-refractivity contribution in [3.05, 3.63) is 0 Å². The molecule has 0 aliphatic heterocycles. The molecule has 0 spiro atoms. The Morgan fingerprint density at radius 2 is 1.08 bits per heavy atom. The molecule has 12 heavy (non-hydrogen) atoms. The Kier molecular flexibility index (Phi) is 3.41. The van der Waals surface area contributed by atoms with Gasteiger partial charge in [-0.15, -0.1) is 0 Å². The fraction of sp³-hybridized carbons (Fsp3) is 1.00. The molecule has 2 heteroatoms. The standard InChI is InChI=1S/C10H18PSe/c12-11(9-5-1-2-6-9)10-7-3-4-8-10/h9-10H,1-8H2/q+1. The summed E-state index contributed by atoms with van der Waals surface area (Å²) in [5, 5.41) is 0. The molecular weight excluding hydrogens is 230 g/mol. The van der Waals surface area contributed by atoms with Gasteiger partial charge in [-0.1, -0.05) is 0 Å². The third kappa shape index (κ3) is 2.00. The van der Waals surface area contributed by atoms with Crippen LogP contribution in [0.1, 0.15) is 51.4 Å². The van der Waals surface area contributed by atoms with Gasteiger partial charge in [0.25, 0.3) is 0 Å². The van der Waals surface area contributed by atoms with E-state index in [1.54, 1.807) is 0 Å². The fourth-order valence-electron chi connectivity index (χ4n) is 2.62. The second-order valence-electron chi connectivity index (χ2n) is 4.24. The van der Waals surface area contributed by atoms with Gasteiger partial charge in [0, 0.05) is 0 Å². The van der Waals surface area contributed by atoms with E-state index in [0.29, 0.717) is 6.17 Å². The molecule has 0 saturated heterocycles. The van der Waals surface area contributed by atoms with Gasteiger partial charge in [-0.05, 0) is 0 Å². The molecule has 2 saturated carbocycles. The van der Waals surface area contributed by atoms with Crippen molar-refractivity contribution in [1.29, 1.82) is 0 Å². The molecule has 2 fully saturated rings. The number of hydrogen-bond acceptors (Lipinski definition) is 0. The van der Waals surface area contributed by atoms with Crippen LogP contribution < -0.4 is 0 Å². The van der Waals surface area contributed by atoms with Crippen molar-refractivity contribution in [2.75, 3.05) is 0 Å². The minimum absolute atomic E-state index is 0.292. The van der Waals surface area contributed by atoms with Crippen LogP contribution in [0.5, 0.6) is 0 Å². The zero-order chi connectivity index (χ0) is 8.39. The topological polar surface area (TPSA) is 0 Å². The first-order valence-corrected chi connectivity index (χ1v) is 9.03. The Labute approximate surface area is 84.1 Å². The normalized spacial score (nSPS) is 26.7. The molecule has 0 amide bonds. The molecule has 0 N–H and O–H groups in total. The first-order chi connectivity index (χ1) is 5.88. The summed E-state index contributed by atoms with van der Waals surface area (Å²) < 4.78 is 0. The van der Waals surface area contributed by atoms with Crippen LogP contribution in [0, 0.1) is 0 Å². The van der Waals surface area contributed by atoms with E-state index in [1.807, 2.05) is 0 Å². The van der Waals surface area contributed by atoms with Crippen molar-refractivity contribution >= 4 is 21.3 Å². The van der Waals surface area contributed by atoms with Crippen LogP contribution >= 0.6 is 6.17 Å². The van der Waals surface area contributed by atoms with Crippen LogP contribution in [0.15, 0.2) is 0 Å². The van der Waals surface area contributed by atoms with E-state index in [9.17, 15) is 0 Å². The van der Waals surface area contributed by atoms with Crippen LogP contribution in [-0.2, 0) is 0 Å². The maximum atomic E-state index is 3.53. The molecular formula is C10H18PSe+. The van der Waals surface area contributed by atoms with Crippen LogP contribution in [0.2, 0.25) is 0 Å². The molecule has 0 radical (unpaired) electrons. The van der Waals surface area contributed by atoms with Crippen molar-refractivity contribution in [1.82, 2.24) is 0 Å². The second kappa shape index (κ2) is 4.36. The molecule has 68 valence electrons. The Hall–Kier alpha value is 0.819. The van der Waals surface area contributed by atoms with Crippen LogP contribution in [-0.4, -0.2) is 26.4 Å². The van der Waals surface area contributed by atoms with Gasteiger partial charge in [-0.2, -0.15) is 0 Å².